The zero-order valence-electron chi connectivity index (χ0n) is 17.2. The van der Waals surface area contributed by atoms with Crippen LogP contribution in [0.4, 0.5) is 0 Å². The molecule has 1 aliphatic heterocycles. The summed E-state index contributed by atoms with van der Waals surface area (Å²) < 4.78 is 32.8. The number of sulfonamides is 1. The van der Waals surface area contributed by atoms with Crippen molar-refractivity contribution >= 4 is 27.5 Å². The number of nitrogens with one attached hydrogen (secondary N) is 1. The molecule has 8 heteroatoms. The van der Waals surface area contributed by atoms with E-state index in [4.69, 9.17) is 16.3 Å². The van der Waals surface area contributed by atoms with Crippen LogP contribution in [0.2, 0.25) is 5.02 Å². The Labute approximate surface area is 183 Å². The third kappa shape index (κ3) is 5.74. The molecule has 0 unspecified atom stereocenters. The second-order valence-electron chi connectivity index (χ2n) is 7.62. The van der Waals surface area contributed by atoms with Crippen LogP contribution in [-0.4, -0.2) is 44.9 Å². The van der Waals surface area contributed by atoms with Gasteiger partial charge in [0.1, 0.15) is 12.4 Å². The molecule has 2 aromatic carbocycles. The number of nitrogens with zero attached hydrogens (tertiary/aromatic N) is 1. The first-order chi connectivity index (χ1) is 14.3. The Morgan fingerprint density at radius 3 is 2.50 bits per heavy atom. The van der Waals surface area contributed by atoms with Gasteiger partial charge in [0.15, 0.2) is 0 Å². The van der Waals surface area contributed by atoms with Crippen LogP contribution in [-0.2, 0) is 14.8 Å². The molecule has 1 fully saturated rings. The molecular weight excluding hydrogens is 424 g/mol. The van der Waals surface area contributed by atoms with E-state index in [1.807, 2.05) is 26.0 Å². The highest BCUT2D eigenvalue weighted by molar-refractivity contribution is 7.89. The van der Waals surface area contributed by atoms with E-state index in [2.05, 4.69) is 11.4 Å². The molecule has 3 rings (SSSR count). The smallest absolute Gasteiger partial charge is 0.243 e. The van der Waals surface area contributed by atoms with Crippen molar-refractivity contribution in [2.75, 3.05) is 26.2 Å². The Morgan fingerprint density at radius 2 is 1.83 bits per heavy atom. The lowest BCUT2D eigenvalue weighted by molar-refractivity contribution is -0.126. The summed E-state index contributed by atoms with van der Waals surface area (Å²) in [6, 6.07) is 12.1. The minimum Gasteiger partial charge on any atom is -0.492 e. The summed E-state index contributed by atoms with van der Waals surface area (Å²) in [6.45, 7) is 5.32. The maximum atomic E-state index is 12.9. The number of piperidine rings is 1. The van der Waals surface area contributed by atoms with Gasteiger partial charge >= 0.3 is 0 Å². The van der Waals surface area contributed by atoms with Gasteiger partial charge < -0.3 is 10.1 Å². The first-order valence-corrected chi connectivity index (χ1v) is 11.8. The molecule has 2 aromatic rings. The van der Waals surface area contributed by atoms with Gasteiger partial charge in [-0.15, -0.1) is 0 Å². The molecule has 0 bridgehead atoms. The fourth-order valence-electron chi connectivity index (χ4n) is 3.63. The van der Waals surface area contributed by atoms with E-state index in [9.17, 15) is 13.2 Å². The lowest BCUT2D eigenvalue weighted by Crippen LogP contribution is -2.45. The van der Waals surface area contributed by atoms with E-state index in [-0.39, 0.29) is 23.3 Å². The average molecular weight is 451 g/mol. The normalized spacial score (nSPS) is 17.5. The molecule has 1 saturated heterocycles. The number of halogens is 1. The maximum Gasteiger partial charge on any atom is 0.243 e. The van der Waals surface area contributed by atoms with E-state index < -0.39 is 10.0 Å². The molecule has 1 amide bonds. The van der Waals surface area contributed by atoms with Gasteiger partial charge in [-0.05, 0) is 74.2 Å². The summed E-state index contributed by atoms with van der Waals surface area (Å²) in [5.74, 6) is 0.261. The van der Waals surface area contributed by atoms with Crippen LogP contribution in [0, 0.1) is 19.8 Å². The van der Waals surface area contributed by atoms with Gasteiger partial charge in [0.25, 0.3) is 0 Å². The molecule has 0 radical (unpaired) electrons. The zero-order chi connectivity index (χ0) is 21.7. The van der Waals surface area contributed by atoms with E-state index in [0.29, 0.717) is 37.6 Å². The van der Waals surface area contributed by atoms with Crippen LogP contribution in [0.5, 0.6) is 5.75 Å². The van der Waals surface area contributed by atoms with Gasteiger partial charge in [0.2, 0.25) is 15.9 Å². The number of benzene rings is 2. The van der Waals surface area contributed by atoms with Crippen molar-refractivity contribution in [2.45, 2.75) is 31.6 Å². The molecule has 0 aliphatic carbocycles. The Hall–Kier alpha value is -2.09. The molecule has 162 valence electrons. The maximum absolute atomic E-state index is 12.9. The molecule has 1 heterocycles. The number of rotatable bonds is 7. The Kier molecular flexibility index (Phi) is 7.39. The first-order valence-electron chi connectivity index (χ1n) is 10.0. The zero-order valence-corrected chi connectivity index (χ0v) is 18.8. The first kappa shape index (κ1) is 22.6. The summed E-state index contributed by atoms with van der Waals surface area (Å²) >= 11 is 5.86. The minimum atomic E-state index is -3.64. The van der Waals surface area contributed by atoms with Crippen LogP contribution < -0.4 is 10.1 Å². The molecular formula is C22H27ClN2O4S. The van der Waals surface area contributed by atoms with Crippen LogP contribution >= 0.6 is 11.6 Å². The van der Waals surface area contributed by atoms with Crippen LogP contribution in [0.1, 0.15) is 24.0 Å². The highest BCUT2D eigenvalue weighted by Crippen LogP contribution is 2.25. The number of carbonyl (C=O) groups excluding carboxylic acids is 1. The van der Waals surface area contributed by atoms with Crippen molar-refractivity contribution in [1.29, 1.82) is 0 Å². The van der Waals surface area contributed by atoms with E-state index in [1.54, 1.807) is 12.1 Å². The lowest BCUT2D eigenvalue weighted by Gasteiger charge is -2.31. The molecule has 1 aliphatic rings. The quantitative estimate of drug-likeness (QED) is 0.654. The van der Waals surface area contributed by atoms with Crippen molar-refractivity contribution in [1.82, 2.24) is 9.62 Å². The van der Waals surface area contributed by atoms with Crippen LogP contribution in [0.25, 0.3) is 0 Å². The lowest BCUT2D eigenvalue weighted by atomic mass is 9.99. The van der Waals surface area contributed by atoms with E-state index in [0.717, 1.165) is 16.9 Å². The minimum absolute atomic E-state index is 0.143. The molecule has 30 heavy (non-hydrogen) atoms. The predicted molar refractivity (Wildman–Crippen MR) is 117 cm³/mol. The van der Waals surface area contributed by atoms with Gasteiger partial charge in [-0.3, -0.25) is 4.79 Å². The van der Waals surface area contributed by atoms with Crippen molar-refractivity contribution in [2.24, 2.45) is 5.92 Å². The predicted octanol–water partition coefficient (Wildman–Crippen LogP) is 3.55. The fourth-order valence-corrected chi connectivity index (χ4v) is 5.28. The Balaban J connectivity index is 1.52. The third-order valence-corrected chi connectivity index (χ3v) is 7.20. The van der Waals surface area contributed by atoms with Crippen molar-refractivity contribution in [3.8, 4) is 5.75 Å². The molecule has 6 nitrogen and oxygen atoms in total. The van der Waals surface area contributed by atoms with Crippen molar-refractivity contribution in [3.63, 3.8) is 0 Å². The summed E-state index contributed by atoms with van der Waals surface area (Å²) in [6.07, 6.45) is 1.31. The van der Waals surface area contributed by atoms with Crippen molar-refractivity contribution < 1.29 is 17.9 Å². The molecule has 1 atom stereocenters. The highest BCUT2D eigenvalue weighted by atomic mass is 35.5. The van der Waals surface area contributed by atoms with Crippen LogP contribution in [0.15, 0.2) is 47.4 Å². The largest absolute Gasteiger partial charge is 0.492 e. The fraction of sp³-hybridized carbons (Fsp3) is 0.409. The molecule has 0 spiro atoms. The number of carbonyl (C=O) groups is 1. The average Bonchev–Trinajstić information content (AvgIpc) is 2.71. The van der Waals surface area contributed by atoms with Gasteiger partial charge in [-0.25, -0.2) is 8.42 Å². The van der Waals surface area contributed by atoms with Crippen LogP contribution in [0.3, 0.4) is 0 Å². The topological polar surface area (TPSA) is 75.7 Å². The molecule has 0 saturated carbocycles. The standard InChI is InChI=1S/C22H27ClN2O4S/c1-16-12-17(2)14-20(13-16)29-11-9-24-22(26)18-4-3-10-25(15-18)30(27,28)21-7-5-19(23)6-8-21/h5-8,12-14,18H,3-4,9-11,15H2,1-2H3,(H,24,26)/t18-/m0/s1. The number of hydrogen-bond acceptors (Lipinski definition) is 4. The van der Waals surface area contributed by atoms with E-state index >= 15 is 0 Å². The summed E-state index contributed by atoms with van der Waals surface area (Å²) in [4.78, 5) is 12.8. The van der Waals surface area contributed by atoms with Gasteiger partial charge in [0.05, 0.1) is 17.4 Å². The number of amides is 1. The Bertz CT molecular complexity index is 972. The number of ether oxygens (including phenoxy) is 1. The second kappa shape index (κ2) is 9.81. The summed E-state index contributed by atoms with van der Waals surface area (Å²) in [5, 5.41) is 3.35. The molecule has 1 N–H and O–H groups in total. The molecule has 0 aromatic heterocycles. The monoisotopic (exact) mass is 450 g/mol. The van der Waals surface area contributed by atoms with Gasteiger partial charge in [-0.1, -0.05) is 17.7 Å². The van der Waals surface area contributed by atoms with Crippen molar-refractivity contribution in [3.05, 3.63) is 58.6 Å². The summed E-state index contributed by atoms with van der Waals surface area (Å²) in [7, 11) is -3.64. The van der Waals surface area contributed by atoms with Gasteiger partial charge in [-0.2, -0.15) is 4.31 Å². The van der Waals surface area contributed by atoms with Gasteiger partial charge in [0, 0.05) is 18.1 Å². The Morgan fingerprint density at radius 1 is 1.17 bits per heavy atom. The number of hydrogen-bond donors (Lipinski definition) is 1. The summed E-state index contributed by atoms with van der Waals surface area (Å²) in [5.41, 5.74) is 2.25. The number of aryl methyl sites for hydroxylation is 2. The van der Waals surface area contributed by atoms with E-state index in [1.165, 1.54) is 16.4 Å². The SMILES string of the molecule is Cc1cc(C)cc(OCCNC(=O)[C@H]2CCCN(S(=O)(=O)c3ccc(Cl)cc3)C2)c1. The third-order valence-electron chi connectivity index (χ3n) is 5.07. The highest BCUT2D eigenvalue weighted by Gasteiger charge is 2.33. The second-order valence-corrected chi connectivity index (χ2v) is 9.99.